The maximum atomic E-state index is 13.4. The molecule has 90 valence electrons. The lowest BCUT2D eigenvalue weighted by Gasteiger charge is -2.01. The highest BCUT2D eigenvalue weighted by Gasteiger charge is 2.18. The average molecular weight is 279 g/mol. The molecule has 0 aliphatic rings. The second-order valence-electron chi connectivity index (χ2n) is 3.17. The molecule has 0 spiro atoms. The standard InChI is InChI=1S/C8H4ClFN2O4S/c9-17(15,16)6-1-3-5(2-4(6)10)11-8(14)12-7(3)13/h1-2H,(H2,11,12,13,14). The number of aromatic nitrogens is 2. The number of benzene rings is 1. The summed E-state index contributed by atoms with van der Waals surface area (Å²) in [6.45, 7) is 0. The molecule has 1 aromatic heterocycles. The summed E-state index contributed by atoms with van der Waals surface area (Å²) in [6.07, 6.45) is 0. The van der Waals surface area contributed by atoms with Gasteiger partial charge in [0.2, 0.25) is 0 Å². The van der Waals surface area contributed by atoms with Gasteiger partial charge in [0.15, 0.2) is 0 Å². The lowest BCUT2D eigenvalue weighted by Crippen LogP contribution is -2.22. The quantitative estimate of drug-likeness (QED) is 0.732. The van der Waals surface area contributed by atoms with Gasteiger partial charge in [-0.3, -0.25) is 9.78 Å². The highest BCUT2D eigenvalue weighted by molar-refractivity contribution is 8.13. The van der Waals surface area contributed by atoms with Gasteiger partial charge in [0.25, 0.3) is 14.6 Å². The second-order valence-corrected chi connectivity index (χ2v) is 5.71. The Morgan fingerprint density at radius 1 is 1.18 bits per heavy atom. The highest BCUT2D eigenvalue weighted by Crippen LogP contribution is 2.21. The van der Waals surface area contributed by atoms with Gasteiger partial charge in [0, 0.05) is 10.7 Å². The molecule has 2 N–H and O–H groups in total. The molecule has 17 heavy (non-hydrogen) atoms. The minimum atomic E-state index is -4.30. The Bertz CT molecular complexity index is 824. The van der Waals surface area contributed by atoms with Gasteiger partial charge >= 0.3 is 5.69 Å². The average Bonchev–Trinajstić information content (AvgIpc) is 2.13. The van der Waals surface area contributed by atoms with Crippen LogP contribution in [0.5, 0.6) is 0 Å². The van der Waals surface area contributed by atoms with Gasteiger partial charge in [-0.15, -0.1) is 0 Å². The van der Waals surface area contributed by atoms with Crippen LogP contribution in [0.15, 0.2) is 26.6 Å². The third-order valence-corrected chi connectivity index (χ3v) is 3.39. The smallest absolute Gasteiger partial charge is 0.307 e. The Morgan fingerprint density at radius 2 is 1.82 bits per heavy atom. The van der Waals surface area contributed by atoms with Gasteiger partial charge < -0.3 is 4.98 Å². The summed E-state index contributed by atoms with van der Waals surface area (Å²) >= 11 is 0. The first kappa shape index (κ1) is 11.8. The predicted molar refractivity (Wildman–Crippen MR) is 58.2 cm³/mol. The van der Waals surface area contributed by atoms with Crippen molar-refractivity contribution in [1.29, 1.82) is 0 Å². The van der Waals surface area contributed by atoms with E-state index in [0.29, 0.717) is 0 Å². The number of hydrogen-bond acceptors (Lipinski definition) is 4. The molecule has 0 aliphatic carbocycles. The van der Waals surface area contributed by atoms with Crippen LogP contribution < -0.4 is 11.2 Å². The first-order valence-electron chi connectivity index (χ1n) is 4.19. The predicted octanol–water partition coefficient (Wildman–Crippen LogP) is 0.283. The molecule has 2 rings (SSSR count). The molecular weight excluding hydrogens is 275 g/mol. The van der Waals surface area contributed by atoms with Crippen LogP contribution in [-0.2, 0) is 9.05 Å². The molecular formula is C8H4ClFN2O4S. The maximum Gasteiger partial charge on any atom is 0.326 e. The third kappa shape index (κ3) is 2.08. The Balaban J connectivity index is 3.01. The van der Waals surface area contributed by atoms with Crippen molar-refractivity contribution in [3.05, 3.63) is 38.8 Å². The molecule has 6 nitrogen and oxygen atoms in total. The molecule has 9 heteroatoms. The summed E-state index contributed by atoms with van der Waals surface area (Å²) < 4.78 is 35.4. The number of rotatable bonds is 1. The van der Waals surface area contributed by atoms with Gasteiger partial charge in [-0.25, -0.2) is 17.6 Å². The third-order valence-electron chi connectivity index (χ3n) is 2.05. The topological polar surface area (TPSA) is 99.9 Å². The fourth-order valence-electron chi connectivity index (χ4n) is 1.36. The zero-order valence-corrected chi connectivity index (χ0v) is 9.52. The summed E-state index contributed by atoms with van der Waals surface area (Å²) in [7, 11) is 0.696. The molecule has 0 fully saturated rings. The van der Waals surface area contributed by atoms with Crippen LogP contribution in [-0.4, -0.2) is 18.4 Å². The molecule has 0 aliphatic heterocycles. The van der Waals surface area contributed by atoms with Gasteiger partial charge in [0.1, 0.15) is 10.7 Å². The van der Waals surface area contributed by atoms with E-state index in [2.05, 4.69) is 4.98 Å². The summed E-state index contributed by atoms with van der Waals surface area (Å²) in [5, 5.41) is -0.176. The van der Waals surface area contributed by atoms with E-state index in [1.54, 1.807) is 0 Å². The van der Waals surface area contributed by atoms with Crippen molar-refractivity contribution in [2.45, 2.75) is 4.90 Å². The fourth-order valence-corrected chi connectivity index (χ4v) is 2.26. The first-order valence-corrected chi connectivity index (χ1v) is 6.50. The number of halogens is 2. The Labute approximate surface area is 97.5 Å². The summed E-state index contributed by atoms with van der Waals surface area (Å²) in [6, 6.07) is 1.49. The number of aromatic amines is 2. The Kier molecular flexibility index (Phi) is 2.55. The van der Waals surface area contributed by atoms with Crippen LogP contribution >= 0.6 is 10.7 Å². The molecule has 0 bridgehead atoms. The SMILES string of the molecule is O=c1[nH]c(=O)c2cc(S(=O)(=O)Cl)c(F)cc2[nH]1. The van der Waals surface area contributed by atoms with E-state index in [9.17, 15) is 22.4 Å². The van der Waals surface area contributed by atoms with Crippen molar-refractivity contribution < 1.29 is 12.8 Å². The molecule has 0 unspecified atom stereocenters. The molecule has 2 aromatic rings. The van der Waals surface area contributed by atoms with Gasteiger partial charge in [-0.1, -0.05) is 0 Å². The van der Waals surface area contributed by atoms with E-state index in [1.165, 1.54) is 0 Å². The zero-order chi connectivity index (χ0) is 12.8. The van der Waals surface area contributed by atoms with Crippen LogP contribution in [0, 0.1) is 5.82 Å². The molecule has 1 aromatic carbocycles. The zero-order valence-electron chi connectivity index (χ0n) is 7.95. The summed E-state index contributed by atoms with van der Waals surface area (Å²) in [5.74, 6) is -1.14. The van der Waals surface area contributed by atoms with Crippen LogP contribution in [0.2, 0.25) is 0 Å². The number of H-pyrrole nitrogens is 2. The van der Waals surface area contributed by atoms with Gasteiger partial charge in [0.05, 0.1) is 10.9 Å². The van der Waals surface area contributed by atoms with E-state index < -0.39 is 31.0 Å². The summed E-state index contributed by atoms with van der Waals surface area (Å²) in [4.78, 5) is 25.5. The molecule has 0 saturated heterocycles. The lowest BCUT2D eigenvalue weighted by molar-refractivity contribution is 0.577. The Hall–Kier alpha value is -1.67. The monoisotopic (exact) mass is 278 g/mol. The number of fused-ring (bicyclic) bond motifs is 1. The van der Waals surface area contributed by atoms with Gasteiger partial charge in [-0.2, -0.15) is 0 Å². The van der Waals surface area contributed by atoms with Crippen molar-refractivity contribution in [3.8, 4) is 0 Å². The molecule has 0 radical (unpaired) electrons. The van der Waals surface area contributed by atoms with E-state index in [1.807, 2.05) is 4.98 Å². The van der Waals surface area contributed by atoms with Crippen LogP contribution in [0.3, 0.4) is 0 Å². The normalized spacial score (nSPS) is 11.9. The maximum absolute atomic E-state index is 13.4. The van der Waals surface area contributed by atoms with Crippen LogP contribution in [0.1, 0.15) is 0 Å². The minimum absolute atomic E-state index is 0.111. The second kappa shape index (κ2) is 3.67. The molecule has 0 amide bonds. The number of nitrogens with one attached hydrogen (secondary N) is 2. The minimum Gasteiger partial charge on any atom is -0.307 e. The van der Waals surface area contributed by atoms with Crippen LogP contribution in [0.4, 0.5) is 4.39 Å². The highest BCUT2D eigenvalue weighted by atomic mass is 35.7. The number of hydrogen-bond donors (Lipinski definition) is 2. The van der Waals surface area contributed by atoms with Crippen molar-refractivity contribution in [1.82, 2.24) is 9.97 Å². The van der Waals surface area contributed by atoms with Crippen molar-refractivity contribution in [2.24, 2.45) is 0 Å². The molecule has 1 heterocycles. The molecule has 0 saturated carbocycles. The fraction of sp³-hybridized carbons (Fsp3) is 0. The van der Waals surface area contributed by atoms with Crippen molar-refractivity contribution in [2.75, 3.05) is 0 Å². The van der Waals surface area contributed by atoms with Crippen molar-refractivity contribution >= 4 is 30.6 Å². The summed E-state index contributed by atoms with van der Waals surface area (Å²) in [5.41, 5.74) is -1.76. The van der Waals surface area contributed by atoms with Crippen molar-refractivity contribution in [3.63, 3.8) is 0 Å². The van der Waals surface area contributed by atoms with Gasteiger partial charge in [-0.05, 0) is 12.1 Å². The Morgan fingerprint density at radius 3 is 2.41 bits per heavy atom. The van der Waals surface area contributed by atoms with E-state index in [0.717, 1.165) is 12.1 Å². The molecule has 0 atom stereocenters. The van der Waals surface area contributed by atoms with E-state index >= 15 is 0 Å². The lowest BCUT2D eigenvalue weighted by atomic mass is 10.2. The first-order chi connectivity index (χ1) is 7.79. The van der Waals surface area contributed by atoms with Crippen LogP contribution in [0.25, 0.3) is 10.9 Å². The van der Waals surface area contributed by atoms with E-state index in [-0.39, 0.29) is 10.9 Å². The largest absolute Gasteiger partial charge is 0.326 e. The van der Waals surface area contributed by atoms with E-state index in [4.69, 9.17) is 10.7 Å².